The molecule has 90 valence electrons. The molecule has 1 aromatic carbocycles. The molecule has 0 saturated heterocycles. The van der Waals surface area contributed by atoms with Crippen LogP contribution in [0.5, 0.6) is 0 Å². The molecule has 0 atom stereocenters. The van der Waals surface area contributed by atoms with Gasteiger partial charge in [0.15, 0.2) is 0 Å². The highest BCUT2D eigenvalue weighted by atomic mass is 19.1. The lowest BCUT2D eigenvalue weighted by Gasteiger charge is -2.19. The minimum absolute atomic E-state index is 0.161. The number of hydrogen-bond acceptors (Lipinski definition) is 2. The van der Waals surface area contributed by atoms with Gasteiger partial charge < -0.3 is 4.90 Å². The number of amides is 1. The van der Waals surface area contributed by atoms with E-state index in [1.165, 1.54) is 18.2 Å². The summed E-state index contributed by atoms with van der Waals surface area (Å²) in [5.74, 6) is -0.479. The van der Waals surface area contributed by atoms with E-state index in [9.17, 15) is 9.18 Å². The van der Waals surface area contributed by atoms with Crippen molar-refractivity contribution in [2.24, 2.45) is 0 Å². The van der Waals surface area contributed by atoms with E-state index in [1.807, 2.05) is 13.0 Å². The molecule has 0 spiro atoms. The van der Waals surface area contributed by atoms with Crippen molar-refractivity contribution in [1.82, 2.24) is 4.90 Å². The zero-order valence-electron chi connectivity index (χ0n) is 10.0. The highest BCUT2D eigenvalue weighted by Gasteiger charge is 2.14. The lowest BCUT2D eigenvalue weighted by molar-refractivity contribution is 0.0767. The smallest absolute Gasteiger partial charge is 0.253 e. The van der Waals surface area contributed by atoms with Gasteiger partial charge in [0.1, 0.15) is 5.82 Å². The first-order chi connectivity index (χ1) is 8.10. The minimum Gasteiger partial charge on any atom is -0.338 e. The van der Waals surface area contributed by atoms with E-state index in [2.05, 4.69) is 0 Å². The maximum atomic E-state index is 13.1. The van der Waals surface area contributed by atoms with Gasteiger partial charge in [-0.15, -0.1) is 0 Å². The summed E-state index contributed by atoms with van der Waals surface area (Å²) in [5.41, 5.74) is 0.913. The molecule has 17 heavy (non-hydrogen) atoms. The maximum Gasteiger partial charge on any atom is 0.253 e. The van der Waals surface area contributed by atoms with E-state index in [1.54, 1.807) is 11.8 Å². The second-order valence-electron chi connectivity index (χ2n) is 3.76. The van der Waals surface area contributed by atoms with E-state index in [0.29, 0.717) is 30.6 Å². The molecule has 0 fully saturated rings. The number of aryl methyl sites for hydroxylation is 1. The fraction of sp³-hybridized carbons (Fsp3) is 0.385. The molecule has 0 bridgehead atoms. The van der Waals surface area contributed by atoms with E-state index in [-0.39, 0.29) is 11.7 Å². The number of rotatable bonds is 4. The van der Waals surface area contributed by atoms with Crippen molar-refractivity contribution in [2.45, 2.75) is 20.3 Å². The summed E-state index contributed by atoms with van der Waals surface area (Å²) in [4.78, 5) is 13.6. The fourth-order valence-corrected chi connectivity index (χ4v) is 1.55. The Morgan fingerprint density at radius 3 is 2.76 bits per heavy atom. The Bertz CT molecular complexity index is 451. The van der Waals surface area contributed by atoms with Gasteiger partial charge >= 0.3 is 0 Å². The number of nitriles is 1. The number of carbonyl (C=O) groups is 1. The molecule has 0 aliphatic heterocycles. The van der Waals surface area contributed by atoms with Crippen LogP contribution in [0.3, 0.4) is 0 Å². The molecular formula is C13H15FN2O. The molecule has 1 rings (SSSR count). The van der Waals surface area contributed by atoms with Crippen molar-refractivity contribution in [2.75, 3.05) is 13.1 Å². The Morgan fingerprint density at radius 1 is 1.53 bits per heavy atom. The first kappa shape index (κ1) is 13.2. The summed E-state index contributed by atoms with van der Waals surface area (Å²) < 4.78 is 13.1. The molecule has 4 heteroatoms. The molecule has 1 amide bonds. The van der Waals surface area contributed by atoms with E-state index in [0.717, 1.165) is 0 Å². The molecule has 0 saturated carbocycles. The minimum atomic E-state index is -0.318. The molecule has 0 heterocycles. The Kier molecular flexibility index (Phi) is 4.65. The molecular weight excluding hydrogens is 219 g/mol. The number of carbonyl (C=O) groups excluding carboxylic acids is 1. The second kappa shape index (κ2) is 6.00. The van der Waals surface area contributed by atoms with E-state index in [4.69, 9.17) is 5.26 Å². The quantitative estimate of drug-likeness (QED) is 0.803. The molecule has 0 N–H and O–H groups in total. The summed E-state index contributed by atoms with van der Waals surface area (Å²) in [5, 5.41) is 8.51. The molecule has 0 unspecified atom stereocenters. The maximum absolute atomic E-state index is 13.1. The number of benzene rings is 1. The average molecular weight is 234 g/mol. The number of halogens is 1. The molecule has 1 aromatic rings. The van der Waals surface area contributed by atoms with Crippen LogP contribution in [0.4, 0.5) is 4.39 Å². The van der Waals surface area contributed by atoms with Crippen molar-refractivity contribution < 1.29 is 9.18 Å². The normalized spacial score (nSPS) is 9.76. The van der Waals surface area contributed by atoms with Crippen LogP contribution in [0.25, 0.3) is 0 Å². The first-order valence-electron chi connectivity index (χ1n) is 5.52. The summed E-state index contributed by atoms with van der Waals surface area (Å²) in [6.07, 6.45) is 0.305. The largest absolute Gasteiger partial charge is 0.338 e. The molecule has 0 aliphatic carbocycles. The van der Waals surface area contributed by atoms with Gasteiger partial charge in [-0.25, -0.2) is 4.39 Å². The fourth-order valence-electron chi connectivity index (χ4n) is 1.55. The summed E-state index contributed by atoms with van der Waals surface area (Å²) in [7, 11) is 0. The second-order valence-corrected chi connectivity index (χ2v) is 3.76. The van der Waals surface area contributed by atoms with Crippen molar-refractivity contribution in [3.05, 3.63) is 35.1 Å². The predicted molar refractivity (Wildman–Crippen MR) is 62.9 cm³/mol. The Hall–Kier alpha value is -1.89. The Labute approximate surface area is 100 Å². The van der Waals surface area contributed by atoms with Crippen molar-refractivity contribution in [1.29, 1.82) is 5.26 Å². The summed E-state index contributed by atoms with van der Waals surface area (Å²) in [6.45, 7) is 4.42. The van der Waals surface area contributed by atoms with Gasteiger partial charge in [0.25, 0.3) is 5.91 Å². The first-order valence-corrected chi connectivity index (χ1v) is 5.52. The topological polar surface area (TPSA) is 44.1 Å². The highest BCUT2D eigenvalue weighted by Crippen LogP contribution is 2.11. The number of hydrogen-bond donors (Lipinski definition) is 0. The van der Waals surface area contributed by atoms with Gasteiger partial charge in [0, 0.05) is 18.7 Å². The summed E-state index contributed by atoms with van der Waals surface area (Å²) >= 11 is 0. The molecule has 0 aliphatic rings. The lowest BCUT2D eigenvalue weighted by Crippen LogP contribution is -2.31. The van der Waals surface area contributed by atoms with Gasteiger partial charge in [-0.1, -0.05) is 0 Å². The van der Waals surface area contributed by atoms with Crippen LogP contribution in [-0.4, -0.2) is 23.9 Å². The van der Waals surface area contributed by atoms with Crippen LogP contribution in [0.2, 0.25) is 0 Å². The van der Waals surface area contributed by atoms with Gasteiger partial charge in [-0.05, 0) is 37.6 Å². The van der Waals surface area contributed by atoms with Crippen LogP contribution >= 0.6 is 0 Å². The third-order valence-corrected chi connectivity index (χ3v) is 2.57. The van der Waals surface area contributed by atoms with Crippen molar-refractivity contribution >= 4 is 5.91 Å². The van der Waals surface area contributed by atoms with Gasteiger partial charge in [0.2, 0.25) is 0 Å². The summed E-state index contributed by atoms with van der Waals surface area (Å²) in [6, 6.07) is 6.30. The highest BCUT2D eigenvalue weighted by molar-refractivity contribution is 5.94. The SMILES string of the molecule is CCN(CCC#N)C(=O)c1ccc(F)c(C)c1. The standard InChI is InChI=1S/C13H15FN2O/c1-3-16(8-4-7-15)13(17)11-5-6-12(14)10(2)9-11/h5-6,9H,3-4,8H2,1-2H3. The van der Waals surface area contributed by atoms with E-state index >= 15 is 0 Å². The van der Waals surface area contributed by atoms with Crippen molar-refractivity contribution in [3.8, 4) is 6.07 Å². The van der Waals surface area contributed by atoms with Gasteiger partial charge in [-0.3, -0.25) is 4.79 Å². The van der Waals surface area contributed by atoms with Crippen LogP contribution in [0.1, 0.15) is 29.3 Å². The molecule has 3 nitrogen and oxygen atoms in total. The van der Waals surface area contributed by atoms with Crippen LogP contribution < -0.4 is 0 Å². The Balaban J connectivity index is 2.86. The van der Waals surface area contributed by atoms with Crippen molar-refractivity contribution in [3.63, 3.8) is 0 Å². The molecule has 0 radical (unpaired) electrons. The van der Waals surface area contributed by atoms with Gasteiger partial charge in [-0.2, -0.15) is 5.26 Å². The third kappa shape index (κ3) is 3.28. The van der Waals surface area contributed by atoms with Gasteiger partial charge in [0.05, 0.1) is 12.5 Å². The monoisotopic (exact) mass is 234 g/mol. The van der Waals surface area contributed by atoms with Crippen LogP contribution in [-0.2, 0) is 0 Å². The zero-order valence-corrected chi connectivity index (χ0v) is 10.0. The van der Waals surface area contributed by atoms with E-state index < -0.39 is 0 Å². The molecule has 0 aromatic heterocycles. The average Bonchev–Trinajstić information content (AvgIpc) is 2.33. The van der Waals surface area contributed by atoms with Crippen LogP contribution in [0, 0.1) is 24.1 Å². The zero-order chi connectivity index (χ0) is 12.8. The number of nitrogens with zero attached hydrogens (tertiary/aromatic N) is 2. The predicted octanol–water partition coefficient (Wildman–Crippen LogP) is 2.51. The third-order valence-electron chi connectivity index (χ3n) is 2.57. The van der Waals surface area contributed by atoms with Crippen LogP contribution in [0.15, 0.2) is 18.2 Å². The Morgan fingerprint density at radius 2 is 2.24 bits per heavy atom. The lowest BCUT2D eigenvalue weighted by atomic mass is 10.1.